The molecular weight excluding hydrogens is 486 g/mol. The molecule has 0 aliphatic carbocycles. The average Bonchev–Trinajstić information content (AvgIpc) is 3.46. The molecule has 0 bridgehead atoms. The molecule has 12 heteroatoms. The van der Waals surface area contributed by atoms with Crippen LogP contribution < -0.4 is 5.66 Å². The highest BCUT2D eigenvalue weighted by Gasteiger charge is 2.53. The Bertz CT molecular complexity index is 1570. The van der Waals surface area contributed by atoms with Crippen LogP contribution >= 0.6 is 0 Å². The van der Waals surface area contributed by atoms with E-state index in [1.54, 1.807) is 29.1 Å². The van der Waals surface area contributed by atoms with Crippen LogP contribution in [0.25, 0.3) is 33.6 Å². The van der Waals surface area contributed by atoms with Crippen molar-refractivity contribution in [2.24, 2.45) is 0 Å². The molecular formula is C24H24BFN4O5S. The van der Waals surface area contributed by atoms with Crippen LogP contribution in [0.1, 0.15) is 33.7 Å². The molecule has 0 atom stereocenters. The first-order valence-corrected chi connectivity index (χ1v) is 13.4. The molecule has 0 N–H and O–H groups in total. The molecule has 6 rings (SSSR count). The summed E-state index contributed by atoms with van der Waals surface area (Å²) in [5, 5.41) is 5.32. The number of hydrogen-bond acceptors (Lipinski definition) is 8. The van der Waals surface area contributed by atoms with Crippen LogP contribution in [0.5, 0.6) is 0 Å². The highest BCUT2D eigenvalue weighted by molar-refractivity contribution is 7.92. The molecule has 0 radical (unpaired) electrons. The summed E-state index contributed by atoms with van der Waals surface area (Å²) in [4.78, 5) is 8.81. The standard InChI is InChI=1S/C24H24BFN4O5S/c1-23(2)24(3,4)35-25(34-23)19-9-17-21(27-13-28-22(17)33-19)18-10-30(16-11-36(31,32)12-16)29-20(18)14-5-7-15(26)8-6-14/h5-10,13,16H,11-12H2,1-4H3. The fourth-order valence-electron chi connectivity index (χ4n) is 4.43. The lowest BCUT2D eigenvalue weighted by Gasteiger charge is -2.32. The van der Waals surface area contributed by atoms with Gasteiger partial charge in [0.25, 0.3) is 0 Å². The average molecular weight is 510 g/mol. The maximum atomic E-state index is 13.6. The van der Waals surface area contributed by atoms with Crippen LogP contribution in [0.15, 0.2) is 47.3 Å². The van der Waals surface area contributed by atoms with Gasteiger partial charge in [0.15, 0.2) is 9.84 Å². The number of aromatic nitrogens is 4. The van der Waals surface area contributed by atoms with Crippen LogP contribution in [0.2, 0.25) is 0 Å². The largest absolute Gasteiger partial charge is 0.532 e. The van der Waals surface area contributed by atoms with E-state index in [1.165, 1.54) is 18.5 Å². The van der Waals surface area contributed by atoms with E-state index < -0.39 is 28.2 Å². The molecule has 0 amide bonds. The van der Waals surface area contributed by atoms with E-state index in [1.807, 2.05) is 27.7 Å². The predicted molar refractivity (Wildman–Crippen MR) is 132 cm³/mol. The van der Waals surface area contributed by atoms with Crippen molar-refractivity contribution in [3.8, 4) is 22.5 Å². The van der Waals surface area contributed by atoms with Gasteiger partial charge in [-0.15, -0.1) is 0 Å². The van der Waals surface area contributed by atoms with Crippen LogP contribution in [0.4, 0.5) is 4.39 Å². The molecule has 186 valence electrons. The molecule has 0 spiro atoms. The second kappa shape index (κ2) is 7.71. The lowest BCUT2D eigenvalue weighted by atomic mass is 9.86. The fraction of sp³-hybridized carbons (Fsp3) is 0.375. The van der Waals surface area contributed by atoms with Crippen LogP contribution in [-0.2, 0) is 19.1 Å². The van der Waals surface area contributed by atoms with E-state index >= 15 is 0 Å². The van der Waals surface area contributed by atoms with Gasteiger partial charge in [-0.2, -0.15) is 5.10 Å². The van der Waals surface area contributed by atoms with Crippen molar-refractivity contribution < 1.29 is 26.5 Å². The summed E-state index contributed by atoms with van der Waals surface area (Å²) in [6.07, 6.45) is 3.18. The normalized spacial score (nSPS) is 20.6. The summed E-state index contributed by atoms with van der Waals surface area (Å²) in [5.41, 5.74) is 2.18. The van der Waals surface area contributed by atoms with Crippen molar-refractivity contribution in [2.45, 2.75) is 44.9 Å². The molecule has 2 saturated heterocycles. The molecule has 1 aromatic carbocycles. The first-order chi connectivity index (χ1) is 16.9. The number of furan rings is 1. The van der Waals surface area contributed by atoms with Crippen molar-refractivity contribution in [1.29, 1.82) is 0 Å². The minimum atomic E-state index is -3.06. The zero-order valence-corrected chi connectivity index (χ0v) is 21.0. The Morgan fingerprint density at radius 2 is 1.69 bits per heavy atom. The minimum Gasteiger partial charge on any atom is -0.446 e. The van der Waals surface area contributed by atoms with E-state index in [0.717, 1.165) is 0 Å². The molecule has 2 fully saturated rings. The Labute approximate surface area is 207 Å². The van der Waals surface area contributed by atoms with Gasteiger partial charge in [-0.05, 0) is 58.0 Å². The highest BCUT2D eigenvalue weighted by Crippen LogP contribution is 2.39. The summed E-state index contributed by atoms with van der Waals surface area (Å²) >= 11 is 0. The maximum Gasteiger partial charge on any atom is 0.532 e. The monoisotopic (exact) mass is 510 g/mol. The SMILES string of the molecule is CC1(C)OB(c2cc3c(-c4cn(C5CS(=O)(=O)C5)nc4-c4ccc(F)cc4)ncnc3o2)OC1(C)C. The molecule has 5 heterocycles. The topological polar surface area (TPSA) is 109 Å². The second-order valence-electron chi connectivity index (χ2n) is 10.3. The van der Waals surface area contributed by atoms with Crippen LogP contribution in [-0.4, -0.2) is 58.0 Å². The van der Waals surface area contributed by atoms with Crippen molar-refractivity contribution in [2.75, 3.05) is 11.5 Å². The summed E-state index contributed by atoms with van der Waals surface area (Å²) in [6.45, 7) is 7.85. The minimum absolute atomic E-state index is 0.0218. The Morgan fingerprint density at radius 1 is 1.03 bits per heavy atom. The van der Waals surface area contributed by atoms with E-state index in [-0.39, 0.29) is 23.4 Å². The number of nitrogens with zero attached hydrogens (tertiary/aromatic N) is 4. The number of sulfone groups is 1. The van der Waals surface area contributed by atoms with E-state index in [4.69, 9.17) is 18.8 Å². The zero-order chi connectivity index (χ0) is 25.5. The quantitative estimate of drug-likeness (QED) is 0.386. The second-order valence-corrected chi connectivity index (χ2v) is 12.4. The highest BCUT2D eigenvalue weighted by atomic mass is 32.2. The Kier molecular flexibility index (Phi) is 4.99. The molecule has 4 aromatic rings. The predicted octanol–water partition coefficient (Wildman–Crippen LogP) is 3.16. The molecule has 2 aliphatic heterocycles. The van der Waals surface area contributed by atoms with Crippen molar-refractivity contribution in [3.05, 3.63) is 48.7 Å². The summed E-state index contributed by atoms with van der Waals surface area (Å²) in [5.74, 6) is -0.321. The van der Waals surface area contributed by atoms with Gasteiger partial charge in [0.2, 0.25) is 5.71 Å². The van der Waals surface area contributed by atoms with Gasteiger partial charge < -0.3 is 13.7 Å². The van der Waals surface area contributed by atoms with Gasteiger partial charge in [0.05, 0.1) is 39.8 Å². The smallest absolute Gasteiger partial charge is 0.446 e. The molecule has 36 heavy (non-hydrogen) atoms. The van der Waals surface area contributed by atoms with Gasteiger partial charge in [-0.1, -0.05) is 0 Å². The summed E-state index contributed by atoms with van der Waals surface area (Å²) in [6, 6.07) is 7.50. The van der Waals surface area contributed by atoms with Gasteiger partial charge in [-0.3, -0.25) is 4.68 Å². The maximum absolute atomic E-state index is 13.6. The van der Waals surface area contributed by atoms with Gasteiger partial charge >= 0.3 is 7.12 Å². The number of hydrogen-bond donors (Lipinski definition) is 0. The lowest BCUT2D eigenvalue weighted by molar-refractivity contribution is 0.00578. The van der Waals surface area contributed by atoms with Gasteiger partial charge in [0, 0.05) is 17.3 Å². The number of benzene rings is 1. The third kappa shape index (κ3) is 3.75. The summed E-state index contributed by atoms with van der Waals surface area (Å²) in [7, 11) is -3.77. The number of rotatable bonds is 4. The van der Waals surface area contributed by atoms with Crippen molar-refractivity contribution >= 4 is 33.7 Å². The van der Waals surface area contributed by atoms with Crippen LogP contribution in [0.3, 0.4) is 0 Å². The number of fused-ring (bicyclic) bond motifs is 1. The van der Waals surface area contributed by atoms with E-state index in [9.17, 15) is 12.8 Å². The Balaban J connectivity index is 1.46. The zero-order valence-electron chi connectivity index (χ0n) is 20.2. The lowest BCUT2D eigenvalue weighted by Crippen LogP contribution is -2.41. The third-order valence-electron chi connectivity index (χ3n) is 7.21. The molecule has 0 saturated carbocycles. The first-order valence-electron chi connectivity index (χ1n) is 11.6. The first kappa shape index (κ1) is 23.3. The molecule has 3 aromatic heterocycles. The number of halogens is 1. The Hall–Kier alpha value is -3.09. The van der Waals surface area contributed by atoms with Gasteiger partial charge in [0.1, 0.15) is 23.5 Å². The van der Waals surface area contributed by atoms with E-state index in [2.05, 4.69) is 9.97 Å². The summed E-state index contributed by atoms with van der Waals surface area (Å²) < 4.78 is 57.2. The van der Waals surface area contributed by atoms with Gasteiger partial charge in [-0.25, -0.2) is 22.8 Å². The fourth-order valence-corrected chi connectivity index (χ4v) is 5.81. The van der Waals surface area contributed by atoms with Crippen molar-refractivity contribution in [3.63, 3.8) is 0 Å². The third-order valence-corrected chi connectivity index (χ3v) is 8.99. The van der Waals surface area contributed by atoms with Crippen LogP contribution in [0, 0.1) is 5.82 Å². The molecule has 0 unspecified atom stereocenters. The van der Waals surface area contributed by atoms with Crippen molar-refractivity contribution in [1.82, 2.24) is 19.7 Å². The Morgan fingerprint density at radius 3 is 2.33 bits per heavy atom. The molecule has 2 aliphatic rings. The van der Waals surface area contributed by atoms with E-state index in [0.29, 0.717) is 39.3 Å². The molecule has 9 nitrogen and oxygen atoms in total.